The van der Waals surface area contributed by atoms with Crippen LogP contribution in [0.4, 0.5) is 8.78 Å². The van der Waals surface area contributed by atoms with E-state index in [0.717, 1.165) is 5.56 Å². The van der Waals surface area contributed by atoms with E-state index >= 15 is 0 Å². The molecule has 1 aliphatic rings. The minimum Gasteiger partial charge on any atom is -0.351 e. The molecule has 6 nitrogen and oxygen atoms in total. The Bertz CT molecular complexity index is 941. The summed E-state index contributed by atoms with van der Waals surface area (Å²) in [6.07, 6.45) is 1.34. The molecule has 0 aliphatic carbocycles. The molecule has 2 aromatic rings. The first-order valence-corrected chi connectivity index (χ1v) is 10.2. The van der Waals surface area contributed by atoms with Gasteiger partial charge < -0.3 is 15.5 Å². The van der Waals surface area contributed by atoms with Gasteiger partial charge in [0.1, 0.15) is 17.7 Å². The van der Waals surface area contributed by atoms with Crippen LogP contribution < -0.4 is 10.6 Å². The Hall–Kier alpha value is -3.29. The quantitative estimate of drug-likeness (QED) is 0.741. The lowest BCUT2D eigenvalue weighted by Crippen LogP contribution is -2.53. The number of piperidine rings is 1. The van der Waals surface area contributed by atoms with Crippen molar-refractivity contribution in [2.45, 2.75) is 38.3 Å². The molecule has 1 aliphatic heterocycles. The second kappa shape index (κ2) is 10.1. The van der Waals surface area contributed by atoms with Gasteiger partial charge in [-0.1, -0.05) is 18.2 Å². The van der Waals surface area contributed by atoms with Crippen LogP contribution in [0.1, 0.15) is 35.7 Å². The summed E-state index contributed by atoms with van der Waals surface area (Å²) in [5.41, 5.74) is 1.03. The van der Waals surface area contributed by atoms with Gasteiger partial charge in [-0.2, -0.15) is 0 Å². The second-order valence-electron chi connectivity index (χ2n) is 7.67. The lowest BCUT2D eigenvalue weighted by molar-refractivity contribution is -0.128. The highest BCUT2D eigenvalue weighted by Gasteiger charge is 2.27. The Kier molecular flexibility index (Phi) is 7.33. The summed E-state index contributed by atoms with van der Waals surface area (Å²) >= 11 is 0. The number of rotatable bonds is 6. The van der Waals surface area contributed by atoms with Gasteiger partial charge >= 0.3 is 0 Å². The molecule has 31 heavy (non-hydrogen) atoms. The number of benzene rings is 2. The monoisotopic (exact) mass is 429 g/mol. The highest BCUT2D eigenvalue weighted by atomic mass is 19.1. The van der Waals surface area contributed by atoms with Crippen molar-refractivity contribution in [1.29, 1.82) is 0 Å². The van der Waals surface area contributed by atoms with Gasteiger partial charge in [-0.25, -0.2) is 8.78 Å². The lowest BCUT2D eigenvalue weighted by atomic mass is 10.0. The molecule has 0 aromatic heterocycles. The number of nitrogens with one attached hydrogen (secondary N) is 2. The third kappa shape index (κ3) is 6.34. The van der Waals surface area contributed by atoms with E-state index in [0.29, 0.717) is 31.5 Å². The second-order valence-corrected chi connectivity index (χ2v) is 7.67. The molecule has 1 atom stereocenters. The zero-order valence-corrected chi connectivity index (χ0v) is 17.2. The summed E-state index contributed by atoms with van der Waals surface area (Å²) in [7, 11) is 0. The number of hydrogen-bond acceptors (Lipinski definition) is 3. The summed E-state index contributed by atoms with van der Waals surface area (Å²) in [6, 6.07) is 10.4. The van der Waals surface area contributed by atoms with E-state index in [1.165, 1.54) is 37.3 Å². The minimum atomic E-state index is -0.782. The molecule has 0 saturated carbocycles. The fraction of sp³-hybridized carbons (Fsp3) is 0.348. The van der Waals surface area contributed by atoms with Gasteiger partial charge in [0.15, 0.2) is 0 Å². The Balaban J connectivity index is 1.55. The maximum Gasteiger partial charge on any atom is 0.253 e. The standard InChI is InChI=1S/C23H25F2N3O3/c1-15(29)26-21(13-16-5-7-18(24)8-6-16)22(30)27-20-9-11-28(12-10-20)23(31)17-3-2-4-19(25)14-17/h2-8,14,20-21H,9-13H2,1H3,(H,26,29)(H,27,30). The van der Waals surface area contributed by atoms with Crippen molar-refractivity contribution in [2.24, 2.45) is 0 Å². The third-order valence-corrected chi connectivity index (χ3v) is 5.25. The molecule has 3 amide bonds. The number of hydrogen-bond donors (Lipinski definition) is 2. The van der Waals surface area contributed by atoms with E-state index in [-0.39, 0.29) is 36.0 Å². The van der Waals surface area contributed by atoms with Crippen molar-refractivity contribution < 1.29 is 23.2 Å². The van der Waals surface area contributed by atoms with Gasteiger partial charge in [-0.15, -0.1) is 0 Å². The van der Waals surface area contributed by atoms with Crippen molar-refractivity contribution in [3.63, 3.8) is 0 Å². The number of carbonyl (C=O) groups excluding carboxylic acids is 3. The smallest absolute Gasteiger partial charge is 0.253 e. The van der Waals surface area contributed by atoms with E-state index in [1.807, 2.05) is 0 Å². The average molecular weight is 429 g/mol. The number of nitrogens with zero attached hydrogens (tertiary/aromatic N) is 1. The molecule has 1 heterocycles. The molecule has 2 N–H and O–H groups in total. The normalized spacial score (nSPS) is 15.3. The number of carbonyl (C=O) groups is 3. The molecule has 2 aromatic carbocycles. The first-order chi connectivity index (χ1) is 14.8. The fourth-order valence-electron chi connectivity index (χ4n) is 3.64. The van der Waals surface area contributed by atoms with Crippen molar-refractivity contribution in [3.05, 3.63) is 71.3 Å². The largest absolute Gasteiger partial charge is 0.351 e. The summed E-state index contributed by atoms with van der Waals surface area (Å²) in [6.45, 7) is 2.20. The molecular formula is C23H25F2N3O3. The van der Waals surface area contributed by atoms with E-state index < -0.39 is 11.9 Å². The SMILES string of the molecule is CC(=O)NC(Cc1ccc(F)cc1)C(=O)NC1CCN(C(=O)c2cccc(F)c2)CC1. The number of amides is 3. The molecule has 8 heteroatoms. The maximum atomic E-state index is 13.4. The van der Waals surface area contributed by atoms with Gasteiger partial charge in [0.25, 0.3) is 5.91 Å². The molecule has 1 unspecified atom stereocenters. The number of halogens is 2. The summed E-state index contributed by atoms with van der Waals surface area (Å²) < 4.78 is 26.5. The van der Waals surface area contributed by atoms with E-state index in [1.54, 1.807) is 23.1 Å². The third-order valence-electron chi connectivity index (χ3n) is 5.25. The maximum absolute atomic E-state index is 13.4. The Labute approximate surface area is 179 Å². The lowest BCUT2D eigenvalue weighted by Gasteiger charge is -2.33. The first-order valence-electron chi connectivity index (χ1n) is 10.2. The fourth-order valence-corrected chi connectivity index (χ4v) is 3.64. The summed E-state index contributed by atoms with van der Waals surface area (Å²) in [5, 5.41) is 5.58. The zero-order valence-electron chi connectivity index (χ0n) is 17.2. The number of likely N-dealkylation sites (tertiary alicyclic amines) is 1. The van der Waals surface area contributed by atoms with Crippen LogP contribution in [0.2, 0.25) is 0 Å². The van der Waals surface area contributed by atoms with Crippen molar-refractivity contribution in [1.82, 2.24) is 15.5 Å². The van der Waals surface area contributed by atoms with E-state index in [4.69, 9.17) is 0 Å². The Morgan fingerprint density at radius 3 is 2.32 bits per heavy atom. The van der Waals surface area contributed by atoms with Crippen molar-refractivity contribution >= 4 is 17.7 Å². The molecule has 1 fully saturated rings. The molecule has 1 saturated heterocycles. The van der Waals surface area contributed by atoms with Crippen molar-refractivity contribution in [3.8, 4) is 0 Å². The Morgan fingerprint density at radius 1 is 1.03 bits per heavy atom. The summed E-state index contributed by atoms with van der Waals surface area (Å²) in [5.74, 6) is -1.73. The van der Waals surface area contributed by atoms with Crippen molar-refractivity contribution in [2.75, 3.05) is 13.1 Å². The summed E-state index contributed by atoms with van der Waals surface area (Å²) in [4.78, 5) is 38.5. The van der Waals surface area contributed by atoms with E-state index in [9.17, 15) is 23.2 Å². The van der Waals surface area contributed by atoms with Crippen LogP contribution in [-0.4, -0.2) is 47.8 Å². The van der Waals surface area contributed by atoms with Crippen LogP contribution in [0.25, 0.3) is 0 Å². The van der Waals surface area contributed by atoms with Crippen LogP contribution in [-0.2, 0) is 16.0 Å². The van der Waals surface area contributed by atoms with Gasteiger partial charge in [0.2, 0.25) is 11.8 Å². The van der Waals surface area contributed by atoms with Crippen LogP contribution in [0.15, 0.2) is 48.5 Å². The predicted molar refractivity (Wildman–Crippen MR) is 111 cm³/mol. The Morgan fingerprint density at radius 2 is 1.71 bits per heavy atom. The van der Waals surface area contributed by atoms with Crippen LogP contribution >= 0.6 is 0 Å². The highest BCUT2D eigenvalue weighted by Crippen LogP contribution is 2.15. The molecule has 0 bridgehead atoms. The van der Waals surface area contributed by atoms with Gasteiger partial charge in [0.05, 0.1) is 0 Å². The average Bonchev–Trinajstić information content (AvgIpc) is 2.74. The zero-order chi connectivity index (χ0) is 22.4. The topological polar surface area (TPSA) is 78.5 Å². The molecular weight excluding hydrogens is 404 g/mol. The minimum absolute atomic E-state index is 0.145. The molecule has 164 valence electrons. The van der Waals surface area contributed by atoms with Crippen LogP contribution in [0.3, 0.4) is 0 Å². The van der Waals surface area contributed by atoms with Gasteiger partial charge in [0, 0.05) is 38.0 Å². The van der Waals surface area contributed by atoms with Gasteiger partial charge in [-0.05, 0) is 48.7 Å². The van der Waals surface area contributed by atoms with Crippen LogP contribution in [0, 0.1) is 11.6 Å². The van der Waals surface area contributed by atoms with Crippen LogP contribution in [0.5, 0.6) is 0 Å². The van der Waals surface area contributed by atoms with Gasteiger partial charge in [-0.3, -0.25) is 14.4 Å². The molecule has 0 radical (unpaired) electrons. The highest BCUT2D eigenvalue weighted by molar-refractivity contribution is 5.94. The predicted octanol–water partition coefficient (Wildman–Crippen LogP) is 2.43. The van der Waals surface area contributed by atoms with E-state index in [2.05, 4.69) is 10.6 Å². The molecule has 0 spiro atoms. The molecule has 3 rings (SSSR count). The first kappa shape index (κ1) is 22.4.